The van der Waals surface area contributed by atoms with Gasteiger partial charge in [-0.05, 0) is 24.6 Å². The third-order valence-electron chi connectivity index (χ3n) is 3.91. The number of aryl methyl sites for hydroxylation is 1. The Hall–Kier alpha value is -3.81. The van der Waals surface area contributed by atoms with Crippen molar-refractivity contribution in [2.24, 2.45) is 5.10 Å². The molecule has 3 rings (SSSR count). The monoisotopic (exact) mass is 392 g/mol. The first-order valence-electron chi connectivity index (χ1n) is 9.03. The summed E-state index contributed by atoms with van der Waals surface area (Å²) in [5.41, 5.74) is 2.22. The number of esters is 1. The molecule has 2 aromatic carbocycles. The quantitative estimate of drug-likeness (QED) is 0.332. The van der Waals surface area contributed by atoms with Crippen LogP contribution in [0, 0.1) is 6.92 Å². The molecule has 0 N–H and O–H groups in total. The predicted molar refractivity (Wildman–Crippen MR) is 106 cm³/mol. The lowest BCUT2D eigenvalue weighted by Gasteiger charge is -2.07. The molecule has 8 heteroatoms. The molecule has 0 aliphatic carbocycles. The smallest absolute Gasteiger partial charge is 0.364 e. The zero-order valence-electron chi connectivity index (χ0n) is 16.1. The second-order valence-corrected chi connectivity index (χ2v) is 6.09. The van der Waals surface area contributed by atoms with Crippen LogP contribution in [0.2, 0.25) is 0 Å². The number of ether oxygens (including phenoxy) is 2. The van der Waals surface area contributed by atoms with Crippen molar-refractivity contribution >= 4 is 18.0 Å². The van der Waals surface area contributed by atoms with Gasteiger partial charge in [0.05, 0.1) is 12.8 Å². The van der Waals surface area contributed by atoms with E-state index in [-0.39, 0.29) is 30.6 Å². The van der Waals surface area contributed by atoms with Crippen LogP contribution < -0.4 is 4.74 Å². The van der Waals surface area contributed by atoms with Crippen molar-refractivity contribution in [1.29, 1.82) is 0 Å². The number of hydrogen-bond acceptors (Lipinski definition) is 7. The second-order valence-electron chi connectivity index (χ2n) is 6.09. The third-order valence-corrected chi connectivity index (χ3v) is 3.91. The summed E-state index contributed by atoms with van der Waals surface area (Å²) in [5.74, 6) is -1.01. The second kappa shape index (κ2) is 9.41. The lowest BCUT2D eigenvalue weighted by Crippen LogP contribution is -2.15. The fourth-order valence-electron chi connectivity index (χ4n) is 2.41. The van der Waals surface area contributed by atoms with Crippen LogP contribution in [0.5, 0.6) is 5.88 Å². The summed E-state index contributed by atoms with van der Waals surface area (Å²) in [6.07, 6.45) is 1.54. The van der Waals surface area contributed by atoms with Gasteiger partial charge in [0.25, 0.3) is 5.88 Å². The van der Waals surface area contributed by atoms with E-state index < -0.39 is 5.97 Å². The largest absolute Gasteiger partial charge is 0.466 e. The van der Waals surface area contributed by atoms with Gasteiger partial charge in [-0.2, -0.15) is 5.10 Å². The Morgan fingerprint density at radius 1 is 1.10 bits per heavy atom. The number of carbonyl (C=O) groups is 2. The maximum atomic E-state index is 12.4. The van der Waals surface area contributed by atoms with Gasteiger partial charge in [-0.1, -0.05) is 65.0 Å². The third kappa shape index (κ3) is 5.13. The lowest BCUT2D eigenvalue weighted by molar-refractivity contribution is 0.0512. The van der Waals surface area contributed by atoms with Crippen molar-refractivity contribution in [3.63, 3.8) is 0 Å². The van der Waals surface area contributed by atoms with Gasteiger partial charge in [-0.25, -0.2) is 4.79 Å². The number of Topliss-reactive ketones (excluding diaryl/α,β-unsaturated/α-hetero) is 1. The minimum atomic E-state index is -0.702. The van der Waals surface area contributed by atoms with Gasteiger partial charge < -0.3 is 9.47 Å². The number of ketones is 1. The molecule has 0 amide bonds. The zero-order valence-corrected chi connectivity index (χ0v) is 16.1. The molecule has 0 radical (unpaired) electrons. The molecule has 1 heterocycles. The number of rotatable bonds is 8. The molecule has 0 atom stereocenters. The number of aromatic nitrogens is 3. The molecule has 0 bridgehead atoms. The van der Waals surface area contributed by atoms with Crippen LogP contribution in [0.4, 0.5) is 0 Å². The fraction of sp³-hybridized carbons (Fsp3) is 0.190. The van der Waals surface area contributed by atoms with E-state index in [2.05, 4.69) is 15.4 Å². The molecule has 0 saturated carbocycles. The van der Waals surface area contributed by atoms with E-state index in [4.69, 9.17) is 9.47 Å². The number of nitrogens with zero attached hydrogens (tertiary/aromatic N) is 4. The molecular formula is C21H20N4O4. The maximum Gasteiger partial charge on any atom is 0.364 e. The summed E-state index contributed by atoms with van der Waals surface area (Å²) in [6, 6.07) is 16.4. The van der Waals surface area contributed by atoms with Crippen molar-refractivity contribution in [3.8, 4) is 5.88 Å². The molecular weight excluding hydrogens is 372 g/mol. The van der Waals surface area contributed by atoms with Gasteiger partial charge in [-0.3, -0.25) is 4.79 Å². The first kappa shape index (κ1) is 19.9. The summed E-state index contributed by atoms with van der Waals surface area (Å²) < 4.78 is 10.6. The van der Waals surface area contributed by atoms with Crippen molar-refractivity contribution < 1.29 is 19.1 Å². The van der Waals surface area contributed by atoms with E-state index in [9.17, 15) is 9.59 Å². The highest BCUT2D eigenvalue weighted by atomic mass is 16.5. The Kier molecular flexibility index (Phi) is 6.47. The van der Waals surface area contributed by atoms with Crippen LogP contribution in [0.1, 0.15) is 38.9 Å². The minimum absolute atomic E-state index is 0.0592. The summed E-state index contributed by atoms with van der Waals surface area (Å²) in [7, 11) is 0. The Balaban J connectivity index is 1.82. The van der Waals surface area contributed by atoms with Gasteiger partial charge in [0.1, 0.15) is 0 Å². The van der Waals surface area contributed by atoms with Crippen LogP contribution >= 0.6 is 0 Å². The van der Waals surface area contributed by atoms with Gasteiger partial charge in [0.15, 0.2) is 12.4 Å². The molecule has 0 saturated heterocycles. The summed E-state index contributed by atoms with van der Waals surface area (Å²) >= 11 is 0. The highest BCUT2D eigenvalue weighted by Gasteiger charge is 2.23. The van der Waals surface area contributed by atoms with E-state index in [1.54, 1.807) is 19.1 Å². The average molecular weight is 392 g/mol. The first-order chi connectivity index (χ1) is 14.1. The molecule has 8 nitrogen and oxygen atoms in total. The van der Waals surface area contributed by atoms with Crippen LogP contribution in [0.15, 0.2) is 59.7 Å². The Labute approximate surface area is 167 Å². The number of carbonyl (C=O) groups excluding carboxylic acids is 2. The molecule has 148 valence electrons. The highest BCUT2D eigenvalue weighted by Crippen LogP contribution is 2.18. The zero-order chi connectivity index (χ0) is 20.6. The van der Waals surface area contributed by atoms with E-state index >= 15 is 0 Å². The molecule has 0 spiro atoms. The number of hydrogen-bond donors (Lipinski definition) is 0. The molecule has 0 aliphatic rings. The highest BCUT2D eigenvalue weighted by molar-refractivity contribution is 5.97. The van der Waals surface area contributed by atoms with E-state index in [0.717, 1.165) is 15.9 Å². The first-order valence-corrected chi connectivity index (χ1v) is 9.03. The van der Waals surface area contributed by atoms with Crippen molar-refractivity contribution in [1.82, 2.24) is 15.1 Å². The SMILES string of the molecule is CCOC(=O)c1nnn(/N=C\c2ccccc2)c1OCC(=O)c1ccc(C)cc1. The maximum absolute atomic E-state index is 12.4. The van der Waals surface area contributed by atoms with Gasteiger partial charge in [-0.15, -0.1) is 5.10 Å². The number of benzene rings is 2. The lowest BCUT2D eigenvalue weighted by atomic mass is 10.1. The predicted octanol–water partition coefficient (Wildman–Crippen LogP) is 2.91. The molecule has 0 unspecified atom stereocenters. The molecule has 29 heavy (non-hydrogen) atoms. The standard InChI is InChI=1S/C21H20N4O4/c1-3-28-21(27)19-20(29-14-18(26)17-11-9-15(2)10-12-17)25(24-23-19)22-13-16-7-5-4-6-8-16/h4-13H,3,14H2,1-2H3/b22-13-. The van der Waals surface area contributed by atoms with Gasteiger partial charge in [0, 0.05) is 5.56 Å². The van der Waals surface area contributed by atoms with Crippen LogP contribution in [-0.2, 0) is 4.74 Å². The molecule has 1 aromatic heterocycles. The Morgan fingerprint density at radius 3 is 2.52 bits per heavy atom. The minimum Gasteiger partial charge on any atom is -0.466 e. The van der Waals surface area contributed by atoms with Crippen LogP contribution in [-0.4, -0.2) is 46.3 Å². The van der Waals surface area contributed by atoms with E-state index in [1.807, 2.05) is 49.4 Å². The van der Waals surface area contributed by atoms with Crippen molar-refractivity contribution in [3.05, 3.63) is 77.0 Å². The summed E-state index contributed by atoms with van der Waals surface area (Å²) in [4.78, 5) is 25.6. The molecule has 0 aliphatic heterocycles. The van der Waals surface area contributed by atoms with E-state index in [0.29, 0.717) is 5.56 Å². The van der Waals surface area contributed by atoms with Crippen LogP contribution in [0.3, 0.4) is 0 Å². The summed E-state index contributed by atoms with van der Waals surface area (Å²) in [5, 5.41) is 11.8. The van der Waals surface area contributed by atoms with Gasteiger partial charge in [0.2, 0.25) is 5.69 Å². The van der Waals surface area contributed by atoms with Crippen molar-refractivity contribution in [2.75, 3.05) is 13.2 Å². The van der Waals surface area contributed by atoms with E-state index in [1.165, 1.54) is 6.21 Å². The summed E-state index contributed by atoms with van der Waals surface area (Å²) in [6.45, 7) is 3.48. The van der Waals surface area contributed by atoms with Gasteiger partial charge >= 0.3 is 5.97 Å². The Morgan fingerprint density at radius 2 is 1.83 bits per heavy atom. The topological polar surface area (TPSA) is 95.7 Å². The molecule has 0 fully saturated rings. The average Bonchev–Trinajstić information content (AvgIpc) is 3.15. The fourth-order valence-corrected chi connectivity index (χ4v) is 2.41. The van der Waals surface area contributed by atoms with Crippen LogP contribution in [0.25, 0.3) is 0 Å². The molecule has 3 aromatic rings. The normalized spacial score (nSPS) is 10.8. The Bertz CT molecular complexity index is 1010. The van der Waals surface area contributed by atoms with Crippen molar-refractivity contribution in [2.45, 2.75) is 13.8 Å².